The summed E-state index contributed by atoms with van der Waals surface area (Å²) in [6, 6.07) is 8.09. The molecule has 2 aliphatic rings. The van der Waals surface area contributed by atoms with E-state index in [4.69, 9.17) is 10.5 Å². The van der Waals surface area contributed by atoms with E-state index in [1.807, 2.05) is 23.1 Å². The molecular weight excluding hydrogens is 276 g/mol. The number of amides is 1. The Bertz CT molecular complexity index is 481. The molecule has 0 bridgehead atoms. The van der Waals surface area contributed by atoms with Crippen molar-refractivity contribution in [1.29, 1.82) is 0 Å². The Morgan fingerprint density at radius 1 is 1.40 bits per heavy atom. The lowest BCUT2D eigenvalue weighted by atomic mass is 9.97. The van der Waals surface area contributed by atoms with Gasteiger partial charge in [0, 0.05) is 13.1 Å². The number of benzene rings is 1. The van der Waals surface area contributed by atoms with Crippen LogP contribution in [-0.4, -0.2) is 37.0 Å². The SMILES string of the molecule is Cl.NCC1CCN(C(=O)C2OCCc3ccccc32)C1. The van der Waals surface area contributed by atoms with Gasteiger partial charge in [-0.1, -0.05) is 24.3 Å². The summed E-state index contributed by atoms with van der Waals surface area (Å²) in [5.41, 5.74) is 7.96. The minimum absolute atomic E-state index is 0. The maximum absolute atomic E-state index is 12.6. The highest BCUT2D eigenvalue weighted by atomic mass is 35.5. The summed E-state index contributed by atoms with van der Waals surface area (Å²) in [5, 5.41) is 0. The lowest BCUT2D eigenvalue weighted by molar-refractivity contribution is -0.144. The number of hydrogen-bond acceptors (Lipinski definition) is 3. The fourth-order valence-electron chi connectivity index (χ4n) is 2.99. The van der Waals surface area contributed by atoms with Crippen LogP contribution in [0.15, 0.2) is 24.3 Å². The van der Waals surface area contributed by atoms with Crippen molar-refractivity contribution in [3.63, 3.8) is 0 Å². The fraction of sp³-hybridized carbons (Fsp3) is 0.533. The molecule has 2 atom stereocenters. The van der Waals surface area contributed by atoms with E-state index < -0.39 is 6.10 Å². The molecule has 2 heterocycles. The van der Waals surface area contributed by atoms with Crippen LogP contribution in [0.4, 0.5) is 0 Å². The first-order chi connectivity index (χ1) is 9.29. The lowest BCUT2D eigenvalue weighted by Crippen LogP contribution is -2.37. The summed E-state index contributed by atoms with van der Waals surface area (Å²) in [4.78, 5) is 14.5. The standard InChI is InChI=1S/C15H20N2O2.ClH/c16-9-11-5-7-17(10-11)15(18)14-13-4-2-1-3-12(13)6-8-19-14;/h1-4,11,14H,5-10,16H2;1H. The van der Waals surface area contributed by atoms with Gasteiger partial charge < -0.3 is 15.4 Å². The molecule has 3 rings (SSSR count). The number of carbonyl (C=O) groups excluding carboxylic acids is 1. The molecule has 2 N–H and O–H groups in total. The number of nitrogens with zero attached hydrogens (tertiary/aromatic N) is 1. The fourth-order valence-corrected chi connectivity index (χ4v) is 2.99. The molecule has 5 heteroatoms. The van der Waals surface area contributed by atoms with E-state index in [1.165, 1.54) is 5.56 Å². The Labute approximate surface area is 125 Å². The molecule has 1 saturated heterocycles. The number of carbonyl (C=O) groups is 1. The van der Waals surface area contributed by atoms with Crippen molar-refractivity contribution in [1.82, 2.24) is 4.90 Å². The number of nitrogens with two attached hydrogens (primary N) is 1. The third-order valence-electron chi connectivity index (χ3n) is 4.15. The Balaban J connectivity index is 0.00000147. The minimum atomic E-state index is -0.415. The average molecular weight is 297 g/mol. The van der Waals surface area contributed by atoms with E-state index >= 15 is 0 Å². The number of likely N-dealkylation sites (tertiary alicyclic amines) is 1. The van der Waals surface area contributed by atoms with Crippen LogP contribution in [0.1, 0.15) is 23.7 Å². The molecule has 4 nitrogen and oxygen atoms in total. The summed E-state index contributed by atoms with van der Waals surface area (Å²) in [6.45, 7) is 2.87. The highest BCUT2D eigenvalue weighted by Gasteiger charge is 2.34. The zero-order valence-electron chi connectivity index (χ0n) is 11.5. The van der Waals surface area contributed by atoms with Crippen LogP contribution < -0.4 is 5.73 Å². The molecule has 1 aromatic carbocycles. The molecule has 1 fully saturated rings. The van der Waals surface area contributed by atoms with Gasteiger partial charge in [-0.2, -0.15) is 0 Å². The third-order valence-corrected chi connectivity index (χ3v) is 4.15. The molecular formula is C15H21ClN2O2. The molecule has 1 aromatic rings. The summed E-state index contributed by atoms with van der Waals surface area (Å²) < 4.78 is 5.73. The van der Waals surface area contributed by atoms with E-state index in [0.29, 0.717) is 19.1 Å². The van der Waals surface area contributed by atoms with Gasteiger partial charge in [-0.05, 0) is 36.4 Å². The van der Waals surface area contributed by atoms with E-state index in [0.717, 1.165) is 31.5 Å². The van der Waals surface area contributed by atoms with Gasteiger partial charge in [-0.25, -0.2) is 0 Å². The van der Waals surface area contributed by atoms with Gasteiger partial charge in [0.05, 0.1) is 6.61 Å². The van der Waals surface area contributed by atoms with Crippen LogP contribution in [0.25, 0.3) is 0 Å². The Morgan fingerprint density at radius 2 is 2.20 bits per heavy atom. The van der Waals surface area contributed by atoms with Crippen molar-refractivity contribution in [2.24, 2.45) is 11.7 Å². The predicted octanol–water partition coefficient (Wildman–Crippen LogP) is 1.53. The largest absolute Gasteiger partial charge is 0.363 e. The maximum atomic E-state index is 12.6. The van der Waals surface area contributed by atoms with Gasteiger partial charge in [0.2, 0.25) is 0 Å². The van der Waals surface area contributed by atoms with Crippen LogP contribution in [0.2, 0.25) is 0 Å². The van der Waals surface area contributed by atoms with Gasteiger partial charge in [0.15, 0.2) is 6.10 Å². The Hall–Kier alpha value is -1.10. The topological polar surface area (TPSA) is 55.6 Å². The molecule has 2 aliphatic heterocycles. The smallest absolute Gasteiger partial charge is 0.256 e. The average Bonchev–Trinajstić information content (AvgIpc) is 2.95. The Kier molecular flexibility index (Phi) is 5.02. The molecule has 2 unspecified atom stereocenters. The van der Waals surface area contributed by atoms with Gasteiger partial charge in [0.1, 0.15) is 0 Å². The van der Waals surface area contributed by atoms with Crippen molar-refractivity contribution in [3.8, 4) is 0 Å². The van der Waals surface area contributed by atoms with Crippen molar-refractivity contribution in [2.45, 2.75) is 18.9 Å². The first kappa shape index (κ1) is 15.3. The second-order valence-corrected chi connectivity index (χ2v) is 5.37. The highest BCUT2D eigenvalue weighted by molar-refractivity contribution is 5.85. The molecule has 0 radical (unpaired) electrons. The molecule has 0 saturated carbocycles. The summed E-state index contributed by atoms with van der Waals surface area (Å²) in [5.74, 6) is 0.547. The van der Waals surface area contributed by atoms with Crippen LogP contribution in [0.3, 0.4) is 0 Å². The summed E-state index contributed by atoms with van der Waals surface area (Å²) >= 11 is 0. The van der Waals surface area contributed by atoms with Gasteiger partial charge in [-0.15, -0.1) is 12.4 Å². The monoisotopic (exact) mass is 296 g/mol. The molecule has 0 aliphatic carbocycles. The third kappa shape index (κ3) is 2.82. The predicted molar refractivity (Wildman–Crippen MR) is 79.8 cm³/mol. The number of ether oxygens (including phenoxy) is 1. The highest BCUT2D eigenvalue weighted by Crippen LogP contribution is 2.30. The van der Waals surface area contributed by atoms with Crippen LogP contribution in [0.5, 0.6) is 0 Å². The number of fused-ring (bicyclic) bond motifs is 1. The summed E-state index contributed by atoms with van der Waals surface area (Å²) in [7, 11) is 0. The first-order valence-corrected chi connectivity index (χ1v) is 6.98. The Morgan fingerprint density at radius 3 is 2.95 bits per heavy atom. The number of rotatable bonds is 2. The lowest BCUT2D eigenvalue weighted by Gasteiger charge is -2.28. The van der Waals surface area contributed by atoms with Crippen LogP contribution in [-0.2, 0) is 16.0 Å². The molecule has 20 heavy (non-hydrogen) atoms. The zero-order chi connectivity index (χ0) is 13.2. The van der Waals surface area contributed by atoms with E-state index in [1.54, 1.807) is 0 Å². The van der Waals surface area contributed by atoms with Crippen molar-refractivity contribution < 1.29 is 9.53 Å². The maximum Gasteiger partial charge on any atom is 0.256 e. The van der Waals surface area contributed by atoms with Gasteiger partial charge >= 0.3 is 0 Å². The van der Waals surface area contributed by atoms with Crippen molar-refractivity contribution in [2.75, 3.05) is 26.2 Å². The normalized spacial score (nSPS) is 24.9. The van der Waals surface area contributed by atoms with E-state index in [9.17, 15) is 4.79 Å². The van der Waals surface area contributed by atoms with Crippen LogP contribution >= 0.6 is 12.4 Å². The first-order valence-electron chi connectivity index (χ1n) is 6.98. The molecule has 1 amide bonds. The molecule has 0 spiro atoms. The second-order valence-electron chi connectivity index (χ2n) is 5.37. The van der Waals surface area contributed by atoms with Crippen molar-refractivity contribution >= 4 is 18.3 Å². The van der Waals surface area contributed by atoms with Crippen LogP contribution in [0, 0.1) is 5.92 Å². The second kappa shape index (κ2) is 6.57. The van der Waals surface area contributed by atoms with Crippen molar-refractivity contribution in [3.05, 3.63) is 35.4 Å². The zero-order valence-corrected chi connectivity index (χ0v) is 12.3. The number of halogens is 1. The minimum Gasteiger partial charge on any atom is -0.363 e. The molecule has 0 aromatic heterocycles. The number of hydrogen-bond donors (Lipinski definition) is 1. The van der Waals surface area contributed by atoms with E-state index in [2.05, 4.69) is 6.07 Å². The van der Waals surface area contributed by atoms with E-state index in [-0.39, 0.29) is 18.3 Å². The van der Waals surface area contributed by atoms with Gasteiger partial charge in [-0.3, -0.25) is 4.79 Å². The molecule has 110 valence electrons. The van der Waals surface area contributed by atoms with Gasteiger partial charge in [0.25, 0.3) is 5.91 Å². The summed E-state index contributed by atoms with van der Waals surface area (Å²) in [6.07, 6.45) is 1.49. The quantitative estimate of drug-likeness (QED) is 0.900.